The van der Waals surface area contributed by atoms with E-state index >= 15 is 0 Å². The maximum Gasteiger partial charge on any atom is 0.339 e. The third-order valence-corrected chi connectivity index (χ3v) is 2.07. The molecule has 0 amide bonds. The fourth-order valence-corrected chi connectivity index (χ4v) is 1.34. The van der Waals surface area contributed by atoms with Gasteiger partial charge in [-0.15, -0.1) is 0 Å². The average molecular weight is 224 g/mol. The van der Waals surface area contributed by atoms with Gasteiger partial charge >= 0.3 is 5.97 Å². The highest BCUT2D eigenvalue weighted by atomic mass is 19.1. The number of benzene rings is 1. The second kappa shape index (κ2) is 3.73. The van der Waals surface area contributed by atoms with E-state index < -0.39 is 17.6 Å². The maximum atomic E-state index is 13.4. The Labute approximate surface area is 88.5 Å². The number of nitrogens with zero attached hydrogens (tertiary/aromatic N) is 1. The van der Waals surface area contributed by atoms with Crippen molar-refractivity contribution in [1.29, 1.82) is 0 Å². The Kier molecular flexibility index (Phi) is 2.40. The first-order valence-corrected chi connectivity index (χ1v) is 4.31. The van der Waals surface area contributed by atoms with Crippen LogP contribution in [0.2, 0.25) is 0 Å². The molecule has 2 aromatic rings. The zero-order valence-electron chi connectivity index (χ0n) is 7.87. The summed E-state index contributed by atoms with van der Waals surface area (Å²) in [5.41, 5.74) is -0.413. The lowest BCUT2D eigenvalue weighted by Crippen LogP contribution is -1.98. The number of hydrogen-bond acceptors (Lipinski definition) is 2. The van der Waals surface area contributed by atoms with Gasteiger partial charge in [-0.05, 0) is 18.2 Å². The molecule has 2 N–H and O–H groups in total. The quantitative estimate of drug-likeness (QED) is 0.820. The molecule has 16 heavy (non-hydrogen) atoms. The molecule has 1 aromatic heterocycles. The standard InChI is InChI=1S/C10H6F2N2O2/c11-5-1-2-8(12)6(3-5)9-7(10(15)16)4-13-14-9/h1-4H,(H,13,14)(H,15,16). The first-order chi connectivity index (χ1) is 7.59. The van der Waals surface area contributed by atoms with Crippen LogP contribution in [0.5, 0.6) is 0 Å². The Bertz CT molecular complexity index is 552. The van der Waals surface area contributed by atoms with E-state index in [0.717, 1.165) is 24.4 Å². The Morgan fingerprint density at radius 3 is 2.81 bits per heavy atom. The molecule has 0 unspecified atom stereocenters. The molecule has 0 bridgehead atoms. The summed E-state index contributed by atoms with van der Waals surface area (Å²) < 4.78 is 26.3. The minimum absolute atomic E-state index is 0.0514. The zero-order chi connectivity index (χ0) is 11.7. The van der Waals surface area contributed by atoms with Crippen LogP contribution < -0.4 is 0 Å². The van der Waals surface area contributed by atoms with Crippen LogP contribution in [0.3, 0.4) is 0 Å². The number of aromatic nitrogens is 2. The molecule has 0 saturated heterocycles. The maximum absolute atomic E-state index is 13.4. The van der Waals surface area contributed by atoms with Crippen LogP contribution in [0.1, 0.15) is 10.4 Å². The van der Waals surface area contributed by atoms with Crippen molar-refractivity contribution in [3.8, 4) is 11.3 Å². The number of nitrogens with one attached hydrogen (secondary N) is 1. The highest BCUT2D eigenvalue weighted by molar-refractivity contribution is 5.94. The number of aromatic carboxylic acids is 1. The number of halogens is 2. The van der Waals surface area contributed by atoms with Gasteiger partial charge in [0.1, 0.15) is 17.2 Å². The third-order valence-electron chi connectivity index (χ3n) is 2.07. The van der Waals surface area contributed by atoms with Crippen molar-refractivity contribution in [3.05, 3.63) is 41.6 Å². The lowest BCUT2D eigenvalue weighted by atomic mass is 10.1. The number of rotatable bonds is 2. The minimum Gasteiger partial charge on any atom is -0.478 e. The predicted molar refractivity (Wildman–Crippen MR) is 50.9 cm³/mol. The molecule has 0 aliphatic carbocycles. The zero-order valence-corrected chi connectivity index (χ0v) is 7.87. The second-order valence-corrected chi connectivity index (χ2v) is 3.09. The first-order valence-electron chi connectivity index (χ1n) is 4.31. The van der Waals surface area contributed by atoms with Crippen LogP contribution in [0.25, 0.3) is 11.3 Å². The van der Waals surface area contributed by atoms with Gasteiger partial charge in [0, 0.05) is 5.56 Å². The van der Waals surface area contributed by atoms with E-state index in [1.807, 2.05) is 0 Å². The van der Waals surface area contributed by atoms with E-state index in [1.165, 1.54) is 0 Å². The number of carboxylic acids is 1. The van der Waals surface area contributed by atoms with Crippen molar-refractivity contribution in [1.82, 2.24) is 10.2 Å². The van der Waals surface area contributed by atoms with Gasteiger partial charge in [-0.1, -0.05) is 0 Å². The number of H-pyrrole nitrogens is 1. The molecule has 0 aliphatic rings. The van der Waals surface area contributed by atoms with Gasteiger partial charge in [0.2, 0.25) is 0 Å². The molecule has 0 aliphatic heterocycles. The fourth-order valence-electron chi connectivity index (χ4n) is 1.34. The monoisotopic (exact) mass is 224 g/mol. The molecule has 0 radical (unpaired) electrons. The van der Waals surface area contributed by atoms with Crippen LogP contribution in [0, 0.1) is 11.6 Å². The molecule has 0 atom stereocenters. The Balaban J connectivity index is 2.62. The number of carboxylic acid groups (broad SMARTS) is 1. The van der Waals surface area contributed by atoms with E-state index in [9.17, 15) is 13.6 Å². The van der Waals surface area contributed by atoms with Crippen LogP contribution >= 0.6 is 0 Å². The smallest absolute Gasteiger partial charge is 0.339 e. The van der Waals surface area contributed by atoms with E-state index in [-0.39, 0.29) is 16.8 Å². The molecule has 6 heteroatoms. The molecular formula is C10H6F2N2O2. The topological polar surface area (TPSA) is 66.0 Å². The summed E-state index contributed by atoms with van der Waals surface area (Å²) in [6.45, 7) is 0. The molecule has 2 rings (SSSR count). The second-order valence-electron chi connectivity index (χ2n) is 3.09. The summed E-state index contributed by atoms with van der Waals surface area (Å²) >= 11 is 0. The Morgan fingerprint density at radius 1 is 1.38 bits per heavy atom. The molecule has 1 aromatic carbocycles. The highest BCUT2D eigenvalue weighted by Gasteiger charge is 2.17. The van der Waals surface area contributed by atoms with Crippen molar-refractivity contribution in [2.24, 2.45) is 0 Å². The predicted octanol–water partition coefficient (Wildman–Crippen LogP) is 2.05. The van der Waals surface area contributed by atoms with E-state index in [0.29, 0.717) is 0 Å². The lowest BCUT2D eigenvalue weighted by Gasteiger charge is -2.01. The van der Waals surface area contributed by atoms with E-state index in [1.54, 1.807) is 0 Å². The third kappa shape index (κ3) is 1.65. The molecule has 4 nitrogen and oxygen atoms in total. The lowest BCUT2D eigenvalue weighted by molar-refractivity contribution is 0.0698. The Morgan fingerprint density at radius 2 is 2.12 bits per heavy atom. The summed E-state index contributed by atoms with van der Waals surface area (Å²) in [6.07, 6.45) is 1.04. The van der Waals surface area contributed by atoms with Gasteiger partial charge in [0.05, 0.1) is 11.9 Å². The van der Waals surface area contributed by atoms with Crippen molar-refractivity contribution in [3.63, 3.8) is 0 Å². The van der Waals surface area contributed by atoms with Gasteiger partial charge in [-0.3, -0.25) is 5.10 Å². The SMILES string of the molecule is O=C(O)c1cn[nH]c1-c1cc(F)ccc1F. The van der Waals surface area contributed by atoms with Crippen molar-refractivity contribution >= 4 is 5.97 Å². The van der Waals surface area contributed by atoms with Crippen molar-refractivity contribution < 1.29 is 18.7 Å². The molecule has 0 fully saturated rings. The van der Waals surface area contributed by atoms with Gasteiger partial charge in [-0.2, -0.15) is 5.10 Å². The molecule has 82 valence electrons. The molecule has 1 heterocycles. The van der Waals surface area contributed by atoms with E-state index in [4.69, 9.17) is 5.11 Å². The fraction of sp³-hybridized carbons (Fsp3) is 0. The van der Waals surface area contributed by atoms with Gasteiger partial charge in [-0.25, -0.2) is 13.6 Å². The summed E-state index contributed by atoms with van der Waals surface area (Å²) in [7, 11) is 0. The summed E-state index contributed by atoms with van der Waals surface area (Å²) in [5, 5.41) is 14.6. The van der Waals surface area contributed by atoms with Crippen LogP contribution in [-0.4, -0.2) is 21.3 Å². The molecule has 0 spiro atoms. The number of aromatic amines is 1. The highest BCUT2D eigenvalue weighted by Crippen LogP contribution is 2.24. The summed E-state index contributed by atoms with van der Waals surface area (Å²) in [6, 6.07) is 2.79. The van der Waals surface area contributed by atoms with Gasteiger partial charge < -0.3 is 5.11 Å². The van der Waals surface area contributed by atoms with E-state index in [2.05, 4.69) is 10.2 Å². The number of carbonyl (C=O) groups is 1. The van der Waals surface area contributed by atoms with Gasteiger partial charge in [0.25, 0.3) is 0 Å². The normalized spacial score (nSPS) is 10.4. The largest absolute Gasteiger partial charge is 0.478 e. The molecular weight excluding hydrogens is 218 g/mol. The molecule has 0 saturated carbocycles. The summed E-state index contributed by atoms with van der Waals surface area (Å²) in [5.74, 6) is -2.62. The van der Waals surface area contributed by atoms with Crippen LogP contribution in [-0.2, 0) is 0 Å². The van der Waals surface area contributed by atoms with Crippen LogP contribution in [0.15, 0.2) is 24.4 Å². The minimum atomic E-state index is -1.26. The first kappa shape index (κ1) is 10.3. The van der Waals surface area contributed by atoms with Crippen molar-refractivity contribution in [2.75, 3.05) is 0 Å². The van der Waals surface area contributed by atoms with Gasteiger partial charge in [0.15, 0.2) is 0 Å². The Hall–Kier alpha value is -2.24. The van der Waals surface area contributed by atoms with Crippen LogP contribution in [0.4, 0.5) is 8.78 Å². The summed E-state index contributed by atoms with van der Waals surface area (Å²) in [4.78, 5) is 10.8. The van der Waals surface area contributed by atoms with Crippen molar-refractivity contribution in [2.45, 2.75) is 0 Å². The number of hydrogen-bond donors (Lipinski definition) is 2. The average Bonchev–Trinajstić information content (AvgIpc) is 2.70.